The predicted molar refractivity (Wildman–Crippen MR) is 119 cm³/mol. The third kappa shape index (κ3) is 3.36. The molecule has 142 valence electrons. The molecule has 1 aliphatic rings. The summed E-state index contributed by atoms with van der Waals surface area (Å²) >= 11 is 0. The molecule has 0 unspecified atom stereocenters. The number of aliphatic imine (C=N–C) groups is 1. The number of allylic oxidation sites excluding steroid dienone is 4. The fourth-order valence-corrected chi connectivity index (χ4v) is 3.46. The summed E-state index contributed by atoms with van der Waals surface area (Å²) in [5.41, 5.74) is 7.10. The van der Waals surface area contributed by atoms with Crippen LogP contribution >= 0.6 is 0 Å². The van der Waals surface area contributed by atoms with Crippen molar-refractivity contribution in [3.8, 4) is 0 Å². The van der Waals surface area contributed by atoms with Gasteiger partial charge in [-0.25, -0.2) is 9.38 Å². The predicted octanol–water partition coefficient (Wildman–Crippen LogP) is 6.18. The molecular weight excluding hydrogens is 347 g/mol. The van der Waals surface area contributed by atoms with Crippen LogP contribution in [0, 0.1) is 5.82 Å². The number of rotatable bonds is 4. The van der Waals surface area contributed by atoms with Crippen molar-refractivity contribution in [2.24, 2.45) is 4.99 Å². The molecule has 0 radical (unpaired) electrons. The van der Waals surface area contributed by atoms with E-state index in [1.165, 1.54) is 6.07 Å². The monoisotopic (exact) mass is 372 g/mol. The van der Waals surface area contributed by atoms with E-state index in [1.807, 2.05) is 57.1 Å². The van der Waals surface area contributed by atoms with Gasteiger partial charge in [-0.3, -0.25) is 0 Å². The minimum Gasteiger partial charge on any atom is -0.363 e. The summed E-state index contributed by atoms with van der Waals surface area (Å²) in [7, 11) is 3.82. The Kier molecular flexibility index (Phi) is 5.46. The number of hydrogen-bond donors (Lipinski definition) is 0. The second-order valence-electron chi connectivity index (χ2n) is 6.96. The Morgan fingerprint density at radius 2 is 1.75 bits per heavy atom. The van der Waals surface area contributed by atoms with E-state index in [4.69, 9.17) is 4.99 Å². The van der Waals surface area contributed by atoms with E-state index in [0.29, 0.717) is 11.4 Å². The van der Waals surface area contributed by atoms with Crippen LogP contribution in [0.1, 0.15) is 36.1 Å². The summed E-state index contributed by atoms with van der Waals surface area (Å²) in [6, 6.07) is 13.2. The topological polar surface area (TPSA) is 15.6 Å². The van der Waals surface area contributed by atoms with Gasteiger partial charge in [-0.15, -0.1) is 0 Å². The van der Waals surface area contributed by atoms with E-state index >= 15 is 0 Å². The molecule has 0 aromatic heterocycles. The van der Waals surface area contributed by atoms with Crippen LogP contribution in [-0.4, -0.2) is 24.7 Å². The normalized spacial score (nSPS) is 16.3. The van der Waals surface area contributed by atoms with E-state index in [1.54, 1.807) is 12.1 Å². The summed E-state index contributed by atoms with van der Waals surface area (Å²) < 4.78 is 14.9. The number of halogens is 1. The zero-order valence-electron chi connectivity index (χ0n) is 16.9. The van der Waals surface area contributed by atoms with Crippen molar-refractivity contribution in [2.45, 2.75) is 13.8 Å². The Hall–Kier alpha value is -3.20. The SMILES string of the molecule is C=Cc1ccc(F)c(C2=C(C)C(=N\C(=C)N(C)C)/c3ccccc3/C2=C/C)c1. The molecule has 0 fully saturated rings. The van der Waals surface area contributed by atoms with E-state index in [0.717, 1.165) is 39.1 Å². The average Bonchev–Trinajstić information content (AvgIpc) is 2.70. The first-order valence-electron chi connectivity index (χ1n) is 9.24. The molecule has 3 heteroatoms. The lowest BCUT2D eigenvalue weighted by Gasteiger charge is -2.27. The van der Waals surface area contributed by atoms with E-state index in [-0.39, 0.29) is 5.82 Å². The quantitative estimate of drug-likeness (QED) is 0.625. The number of hydrogen-bond acceptors (Lipinski definition) is 2. The Labute approximate surface area is 166 Å². The summed E-state index contributed by atoms with van der Waals surface area (Å²) in [6.07, 6.45) is 3.77. The first-order chi connectivity index (χ1) is 13.4. The molecule has 1 aliphatic carbocycles. The minimum atomic E-state index is -0.260. The van der Waals surface area contributed by atoms with Crippen molar-refractivity contribution in [1.29, 1.82) is 0 Å². The smallest absolute Gasteiger partial charge is 0.131 e. The molecule has 0 N–H and O–H groups in total. The zero-order chi connectivity index (χ0) is 20.4. The maximum atomic E-state index is 14.9. The molecule has 0 atom stereocenters. The van der Waals surface area contributed by atoms with Gasteiger partial charge in [-0.1, -0.05) is 55.6 Å². The molecule has 2 nitrogen and oxygen atoms in total. The van der Waals surface area contributed by atoms with E-state index < -0.39 is 0 Å². The molecule has 0 saturated carbocycles. The van der Waals surface area contributed by atoms with Crippen molar-refractivity contribution in [3.05, 3.63) is 101 Å². The molecule has 3 rings (SSSR count). The molecule has 0 saturated heterocycles. The number of fused-ring (bicyclic) bond motifs is 1. The first-order valence-corrected chi connectivity index (χ1v) is 9.24. The highest BCUT2D eigenvalue weighted by Gasteiger charge is 2.27. The Bertz CT molecular complexity index is 1050. The minimum absolute atomic E-state index is 0.260. The van der Waals surface area contributed by atoms with Gasteiger partial charge in [0.05, 0.1) is 5.71 Å². The lowest BCUT2D eigenvalue weighted by Crippen LogP contribution is -2.18. The molecule has 0 heterocycles. The molecule has 2 aromatic rings. The summed E-state index contributed by atoms with van der Waals surface area (Å²) in [4.78, 5) is 6.66. The zero-order valence-corrected chi connectivity index (χ0v) is 16.9. The van der Waals surface area contributed by atoms with Crippen LogP contribution in [0.5, 0.6) is 0 Å². The lowest BCUT2D eigenvalue weighted by molar-refractivity contribution is 0.509. The van der Waals surface area contributed by atoms with Crippen LogP contribution in [0.25, 0.3) is 17.2 Å². The fraction of sp³-hybridized carbons (Fsp3) is 0.160. The Morgan fingerprint density at radius 1 is 1.07 bits per heavy atom. The average molecular weight is 372 g/mol. The number of nitrogens with zero attached hydrogens (tertiary/aromatic N) is 2. The standard InChI is InChI=1S/C25H25FN2/c1-7-18-13-14-23(26)22(15-18)24-16(3)25(27-17(4)28(5)6)21-12-10-9-11-20(21)19(24)8-2/h7-15H,1,4H2,2-3,5-6H3/b19-8-,27-25+. The van der Waals surface area contributed by atoms with E-state index in [9.17, 15) is 4.39 Å². The molecule has 0 aliphatic heterocycles. The van der Waals surface area contributed by atoms with Crippen LogP contribution in [0.2, 0.25) is 0 Å². The van der Waals surface area contributed by atoms with Crippen molar-refractivity contribution in [2.75, 3.05) is 14.1 Å². The van der Waals surface area contributed by atoms with Gasteiger partial charge in [0, 0.05) is 25.2 Å². The van der Waals surface area contributed by atoms with Crippen LogP contribution in [0.4, 0.5) is 4.39 Å². The van der Waals surface area contributed by atoms with Gasteiger partial charge in [-0.2, -0.15) is 0 Å². The molecule has 0 spiro atoms. The molecule has 0 bridgehead atoms. The Morgan fingerprint density at radius 3 is 2.36 bits per heavy atom. The second kappa shape index (κ2) is 7.81. The third-order valence-corrected chi connectivity index (χ3v) is 5.01. The van der Waals surface area contributed by atoms with Crippen molar-refractivity contribution in [3.63, 3.8) is 0 Å². The summed E-state index contributed by atoms with van der Waals surface area (Å²) in [5, 5.41) is 0. The number of benzene rings is 2. The molecule has 28 heavy (non-hydrogen) atoms. The van der Waals surface area contributed by atoms with Gasteiger partial charge in [-0.05, 0) is 53.8 Å². The van der Waals surface area contributed by atoms with Crippen LogP contribution in [0.15, 0.2) is 78.1 Å². The van der Waals surface area contributed by atoms with Gasteiger partial charge in [0.15, 0.2) is 0 Å². The highest BCUT2D eigenvalue weighted by Crippen LogP contribution is 2.42. The van der Waals surface area contributed by atoms with Crippen LogP contribution in [0.3, 0.4) is 0 Å². The van der Waals surface area contributed by atoms with Gasteiger partial charge >= 0.3 is 0 Å². The second-order valence-corrected chi connectivity index (χ2v) is 6.96. The first kappa shape index (κ1) is 19.6. The van der Waals surface area contributed by atoms with Gasteiger partial charge in [0.25, 0.3) is 0 Å². The maximum absolute atomic E-state index is 14.9. The lowest BCUT2D eigenvalue weighted by atomic mass is 9.78. The van der Waals surface area contributed by atoms with Gasteiger partial charge in [0.1, 0.15) is 11.6 Å². The molecular formula is C25H25FN2. The van der Waals surface area contributed by atoms with Crippen molar-refractivity contribution < 1.29 is 4.39 Å². The highest BCUT2D eigenvalue weighted by molar-refractivity contribution is 6.29. The maximum Gasteiger partial charge on any atom is 0.131 e. The van der Waals surface area contributed by atoms with Gasteiger partial charge in [0.2, 0.25) is 0 Å². The Balaban J connectivity index is 2.37. The van der Waals surface area contributed by atoms with Crippen LogP contribution in [-0.2, 0) is 0 Å². The van der Waals surface area contributed by atoms with Crippen LogP contribution < -0.4 is 0 Å². The fourth-order valence-electron chi connectivity index (χ4n) is 3.46. The summed E-state index contributed by atoms with van der Waals surface area (Å²) in [6.45, 7) is 11.9. The molecule has 0 amide bonds. The third-order valence-electron chi connectivity index (χ3n) is 5.01. The van der Waals surface area contributed by atoms with Crippen molar-refractivity contribution in [1.82, 2.24) is 4.90 Å². The van der Waals surface area contributed by atoms with Crippen molar-refractivity contribution >= 4 is 22.9 Å². The molecule has 2 aromatic carbocycles. The van der Waals surface area contributed by atoms with E-state index in [2.05, 4.69) is 25.3 Å². The van der Waals surface area contributed by atoms with Gasteiger partial charge < -0.3 is 4.90 Å². The summed E-state index contributed by atoms with van der Waals surface area (Å²) in [5.74, 6) is 0.386. The highest BCUT2D eigenvalue weighted by atomic mass is 19.1. The largest absolute Gasteiger partial charge is 0.363 e.